The van der Waals surface area contributed by atoms with Crippen molar-refractivity contribution in [1.29, 1.82) is 0 Å². The molecule has 2 N–H and O–H groups in total. The molecule has 0 fully saturated rings. The minimum atomic E-state index is -1.93. The molecule has 24 heteroatoms. The summed E-state index contributed by atoms with van der Waals surface area (Å²) in [7, 11) is 0. The molecular weight excluding hydrogens is 1120 g/mol. The van der Waals surface area contributed by atoms with Gasteiger partial charge in [-0.2, -0.15) is 0 Å². The van der Waals surface area contributed by atoms with Crippen LogP contribution in [0.3, 0.4) is 0 Å². The molecule has 450 valence electrons. The Kier molecular flexibility index (Phi) is 25.3. The lowest BCUT2D eigenvalue weighted by Crippen LogP contribution is -2.49. The maximum absolute atomic E-state index is 12.8. The zero-order valence-corrected chi connectivity index (χ0v) is 46.0. The van der Waals surface area contributed by atoms with Crippen LogP contribution in [0.2, 0.25) is 0 Å². The molecular formula is C61H62O24. The van der Waals surface area contributed by atoms with Gasteiger partial charge in [0.2, 0.25) is 0 Å². The van der Waals surface area contributed by atoms with Crippen LogP contribution < -0.4 is 9.47 Å². The van der Waals surface area contributed by atoms with E-state index in [1.165, 1.54) is 0 Å². The SMILES string of the molecule is C=CC(=O)OCOC(COC(=O)C=C)(COC(=O)C=C)COC(=O)OCC(O)COc1ccc(C2(c3ccc(OCC(O)COC(=O)OCC(COC(=O)C=C)(COC(=O)C=C)OCOC(=O)C=C)cc3)c3ccccc3-c3ccccc32)cc1. The van der Waals surface area contributed by atoms with E-state index in [4.69, 9.17) is 66.3 Å². The van der Waals surface area contributed by atoms with Gasteiger partial charge in [0.25, 0.3) is 0 Å². The molecule has 0 aliphatic heterocycles. The monoisotopic (exact) mass is 1180 g/mol. The highest BCUT2D eigenvalue weighted by Crippen LogP contribution is 2.56. The van der Waals surface area contributed by atoms with Gasteiger partial charge in [0.15, 0.2) is 24.8 Å². The minimum Gasteiger partial charge on any atom is -0.491 e. The molecule has 5 rings (SSSR count). The van der Waals surface area contributed by atoms with E-state index >= 15 is 0 Å². The molecule has 0 heterocycles. The molecule has 0 spiro atoms. The summed E-state index contributed by atoms with van der Waals surface area (Å²) in [6, 6.07) is 30.4. The van der Waals surface area contributed by atoms with Crippen molar-refractivity contribution in [3.05, 3.63) is 195 Å². The molecule has 1 aliphatic carbocycles. The summed E-state index contributed by atoms with van der Waals surface area (Å²) in [6.45, 7) is 12.1. The smallest absolute Gasteiger partial charge is 0.491 e. The highest BCUT2D eigenvalue weighted by molar-refractivity contribution is 5.87. The van der Waals surface area contributed by atoms with Crippen molar-refractivity contribution in [2.45, 2.75) is 28.8 Å². The van der Waals surface area contributed by atoms with Crippen molar-refractivity contribution in [2.75, 3.05) is 79.7 Å². The molecule has 4 aromatic rings. The lowest BCUT2D eigenvalue weighted by atomic mass is 9.68. The Morgan fingerprint density at radius 1 is 0.388 bits per heavy atom. The van der Waals surface area contributed by atoms with Crippen molar-refractivity contribution in [3.8, 4) is 22.6 Å². The van der Waals surface area contributed by atoms with E-state index in [2.05, 4.69) is 39.5 Å². The minimum absolute atomic E-state index is 0.340. The molecule has 2 unspecified atom stereocenters. The Morgan fingerprint density at radius 2 is 0.682 bits per heavy atom. The van der Waals surface area contributed by atoms with Gasteiger partial charge in [-0.3, -0.25) is 0 Å². The molecule has 0 saturated carbocycles. The van der Waals surface area contributed by atoms with Crippen LogP contribution in [-0.4, -0.2) is 161 Å². The number of hydrogen-bond acceptors (Lipinski definition) is 24. The Balaban J connectivity index is 1.23. The Bertz CT molecular complexity index is 2790. The fraction of sp³-hybridized carbons (Fsp3) is 0.279. The predicted molar refractivity (Wildman–Crippen MR) is 296 cm³/mol. The molecule has 2 atom stereocenters. The number of carbonyl (C=O) groups is 8. The number of ether oxygens (including phenoxy) is 14. The van der Waals surface area contributed by atoms with E-state index in [9.17, 15) is 48.6 Å². The second-order valence-electron chi connectivity index (χ2n) is 18.0. The molecule has 0 bridgehead atoms. The number of hydrogen-bond donors (Lipinski definition) is 2. The van der Waals surface area contributed by atoms with Crippen LogP contribution in [0.25, 0.3) is 11.1 Å². The van der Waals surface area contributed by atoms with Crippen LogP contribution in [0.15, 0.2) is 173 Å². The summed E-state index contributed by atoms with van der Waals surface area (Å²) in [5.41, 5.74) is 0.892. The van der Waals surface area contributed by atoms with E-state index in [-0.39, 0.29) is 13.2 Å². The number of aliphatic hydroxyl groups is 2. The lowest BCUT2D eigenvalue weighted by Gasteiger charge is -2.34. The summed E-state index contributed by atoms with van der Waals surface area (Å²) in [5.74, 6) is -4.69. The van der Waals surface area contributed by atoms with Gasteiger partial charge in [-0.1, -0.05) is 112 Å². The first-order valence-corrected chi connectivity index (χ1v) is 25.5. The van der Waals surface area contributed by atoms with Crippen molar-refractivity contribution < 1.29 is 115 Å². The zero-order valence-electron chi connectivity index (χ0n) is 46.0. The van der Waals surface area contributed by atoms with E-state index in [1.54, 1.807) is 24.3 Å². The van der Waals surface area contributed by atoms with Gasteiger partial charge >= 0.3 is 48.1 Å². The second-order valence-corrected chi connectivity index (χ2v) is 18.0. The molecule has 85 heavy (non-hydrogen) atoms. The summed E-state index contributed by atoms with van der Waals surface area (Å²) >= 11 is 0. The van der Waals surface area contributed by atoms with Crippen molar-refractivity contribution in [2.24, 2.45) is 0 Å². The fourth-order valence-corrected chi connectivity index (χ4v) is 7.99. The summed E-state index contributed by atoms with van der Waals surface area (Å²) in [6.07, 6.45) is -0.277. The maximum Gasteiger partial charge on any atom is 0.508 e. The van der Waals surface area contributed by atoms with Crippen molar-refractivity contribution in [1.82, 2.24) is 0 Å². The molecule has 0 amide bonds. The van der Waals surface area contributed by atoms with Gasteiger partial charge in [-0.25, -0.2) is 38.4 Å². The Labute approximate surface area is 487 Å². The molecule has 0 saturated heterocycles. The largest absolute Gasteiger partial charge is 0.508 e. The number of fused-ring (bicyclic) bond motifs is 3. The van der Waals surface area contributed by atoms with Gasteiger partial charge in [0.1, 0.15) is 89.8 Å². The van der Waals surface area contributed by atoms with Crippen LogP contribution in [-0.2, 0) is 91.0 Å². The summed E-state index contributed by atoms with van der Waals surface area (Å²) in [5, 5.41) is 21.6. The fourth-order valence-electron chi connectivity index (χ4n) is 7.99. The summed E-state index contributed by atoms with van der Waals surface area (Å²) in [4.78, 5) is 96.6. The van der Waals surface area contributed by atoms with Crippen LogP contribution >= 0.6 is 0 Å². The molecule has 1 aliphatic rings. The normalized spacial score (nSPS) is 12.5. The Hall–Kier alpha value is -9.88. The van der Waals surface area contributed by atoms with Crippen LogP contribution in [0.1, 0.15) is 22.3 Å². The highest BCUT2D eigenvalue weighted by Gasteiger charge is 2.46. The van der Waals surface area contributed by atoms with E-state index in [0.29, 0.717) is 11.5 Å². The van der Waals surface area contributed by atoms with Gasteiger partial charge in [-0.15, -0.1) is 0 Å². The first-order chi connectivity index (χ1) is 40.9. The van der Waals surface area contributed by atoms with Crippen molar-refractivity contribution >= 4 is 48.1 Å². The standard InChI is InChI=1S/C61H62O24/c1-7-51(64)76-33-59(34-77-52(65)8-2,84-39-82-55(68)11-5)37-80-57(70)74-31-43(62)29-72-45-25-21-41(22-26-45)61(49-19-15-13-17-47(49)48-18-14-16-20-50(48)61)42-23-27-46(28-24-42)73-30-44(63)32-75-58(71)81-38-60(35-78-53(66)9-3,36-79-54(67)10-4)85-40-83-56(69)12-6/h7-28,43-44,62-63H,1-6,29-40H2. The number of aliphatic hydroxyl groups excluding tert-OH is 2. The lowest BCUT2D eigenvalue weighted by molar-refractivity contribution is -0.206. The van der Waals surface area contributed by atoms with Gasteiger partial charge in [0, 0.05) is 36.5 Å². The Morgan fingerprint density at radius 3 is 1.00 bits per heavy atom. The third-order valence-corrected chi connectivity index (χ3v) is 12.1. The first kappa shape index (κ1) is 65.9. The van der Waals surface area contributed by atoms with E-state index in [0.717, 1.165) is 69.8 Å². The van der Waals surface area contributed by atoms with Crippen molar-refractivity contribution in [3.63, 3.8) is 0 Å². The average Bonchev–Trinajstić information content (AvgIpc) is 1.62. The molecule has 24 nitrogen and oxygen atoms in total. The van der Waals surface area contributed by atoms with E-state index in [1.807, 2.05) is 72.8 Å². The number of carbonyl (C=O) groups excluding carboxylic acids is 8. The second kappa shape index (κ2) is 32.7. The topological polar surface area (TPSA) is 306 Å². The third kappa shape index (κ3) is 19.1. The van der Waals surface area contributed by atoms with Crippen LogP contribution in [0.4, 0.5) is 9.59 Å². The average molecular weight is 1180 g/mol. The number of rotatable bonds is 36. The summed E-state index contributed by atoms with van der Waals surface area (Å²) < 4.78 is 73.5. The highest BCUT2D eigenvalue weighted by atomic mass is 16.8. The third-order valence-electron chi connectivity index (χ3n) is 12.1. The number of esters is 6. The predicted octanol–water partition coefficient (Wildman–Crippen LogP) is 5.64. The van der Waals surface area contributed by atoms with Gasteiger partial charge in [0.05, 0.1) is 5.41 Å². The van der Waals surface area contributed by atoms with Gasteiger partial charge < -0.3 is 76.5 Å². The number of benzene rings is 4. The molecule has 0 aromatic heterocycles. The molecule has 4 aromatic carbocycles. The quantitative estimate of drug-likeness (QED) is 0.0212. The first-order valence-electron chi connectivity index (χ1n) is 25.5. The van der Waals surface area contributed by atoms with Crippen LogP contribution in [0.5, 0.6) is 11.5 Å². The molecule has 0 radical (unpaired) electrons. The van der Waals surface area contributed by atoms with Crippen LogP contribution in [0, 0.1) is 0 Å². The van der Waals surface area contributed by atoms with E-state index < -0.39 is 143 Å². The van der Waals surface area contributed by atoms with Gasteiger partial charge in [-0.05, 0) is 57.6 Å². The maximum atomic E-state index is 12.8. The zero-order chi connectivity index (χ0) is 61.8.